The number of quaternary nitrogens is 1. The zero-order valence-electron chi connectivity index (χ0n) is 48.6. The minimum absolute atomic E-state index is 0.0305. The van der Waals surface area contributed by atoms with E-state index in [-0.39, 0.29) is 37.9 Å². The van der Waals surface area contributed by atoms with Crippen molar-refractivity contribution >= 4 is 19.7 Å². The van der Waals surface area contributed by atoms with E-state index in [1.807, 2.05) is 39.4 Å². The third-order valence-corrected chi connectivity index (χ3v) is 14.4. The van der Waals surface area contributed by atoms with Gasteiger partial charge in [0, 0.05) is 12.8 Å². The molecule has 0 aliphatic rings. The van der Waals surface area contributed by atoms with E-state index in [0.29, 0.717) is 17.4 Å². The van der Waals surface area contributed by atoms with Crippen LogP contribution < -0.4 is 5.32 Å². The topological polar surface area (TPSA) is 111 Å². The monoisotopic (exact) mass is 1050 g/mol. The van der Waals surface area contributed by atoms with E-state index in [1.54, 1.807) is 0 Å². The summed E-state index contributed by atoms with van der Waals surface area (Å²) in [6.07, 6.45) is 66.7. The summed E-state index contributed by atoms with van der Waals surface area (Å²) in [5.41, 5.74) is 0. The van der Waals surface area contributed by atoms with Crippen LogP contribution in [0.15, 0.2) is 60.8 Å². The average molecular weight is 1050 g/mol. The number of esters is 1. The minimum atomic E-state index is -4.46. The largest absolute Gasteiger partial charge is 0.472 e. The zero-order valence-corrected chi connectivity index (χ0v) is 49.5. The Labute approximate surface area is 451 Å². The van der Waals surface area contributed by atoms with E-state index >= 15 is 0 Å². The van der Waals surface area contributed by atoms with Crippen LogP contribution >= 0.6 is 7.82 Å². The maximum Gasteiger partial charge on any atom is 0.472 e. The van der Waals surface area contributed by atoms with Gasteiger partial charge in [0.2, 0.25) is 5.91 Å². The Balaban J connectivity index is 5.17. The molecule has 2 N–H and O–H groups in total. The average Bonchev–Trinajstić information content (AvgIpc) is 3.35. The summed E-state index contributed by atoms with van der Waals surface area (Å²) in [5, 5.41) is 3.01. The van der Waals surface area contributed by atoms with Gasteiger partial charge >= 0.3 is 13.8 Å². The van der Waals surface area contributed by atoms with Gasteiger partial charge in [-0.15, -0.1) is 0 Å². The van der Waals surface area contributed by atoms with Crippen molar-refractivity contribution in [3.05, 3.63) is 60.8 Å². The second-order valence-corrected chi connectivity index (χ2v) is 23.3. The highest BCUT2D eigenvalue weighted by Gasteiger charge is 2.30. The van der Waals surface area contributed by atoms with Gasteiger partial charge in [0.1, 0.15) is 19.3 Å². The van der Waals surface area contributed by atoms with Crippen molar-refractivity contribution in [1.29, 1.82) is 0 Å². The molecular weight excluding hydrogens is 928 g/mol. The van der Waals surface area contributed by atoms with E-state index in [2.05, 4.69) is 68.6 Å². The predicted octanol–water partition coefficient (Wildman–Crippen LogP) is 18.7. The van der Waals surface area contributed by atoms with E-state index in [0.717, 1.165) is 57.8 Å². The number of ether oxygens (including phenoxy) is 1. The van der Waals surface area contributed by atoms with Crippen LogP contribution in [0.25, 0.3) is 0 Å². The fourth-order valence-corrected chi connectivity index (χ4v) is 9.40. The summed E-state index contributed by atoms with van der Waals surface area (Å²) in [4.78, 5) is 37.6. The van der Waals surface area contributed by atoms with Crippen LogP contribution in [0.1, 0.15) is 278 Å². The van der Waals surface area contributed by atoms with Crippen LogP contribution in [0.3, 0.4) is 0 Å². The first-order valence-corrected chi connectivity index (χ1v) is 32.1. The summed E-state index contributed by atoms with van der Waals surface area (Å²) in [5.74, 6) is -0.580. The van der Waals surface area contributed by atoms with Gasteiger partial charge in [-0.05, 0) is 83.1 Å². The summed E-state index contributed by atoms with van der Waals surface area (Å²) in [6.45, 7) is 6.94. The number of nitrogens with one attached hydrogen (secondary N) is 1. The number of phosphoric ester groups is 1. The highest BCUT2D eigenvalue weighted by molar-refractivity contribution is 7.47. The quantitative estimate of drug-likeness (QED) is 0.0205. The lowest BCUT2D eigenvalue weighted by Crippen LogP contribution is -2.47. The fraction of sp³-hybridized carbons (Fsp3) is 0.810. The molecule has 73 heavy (non-hydrogen) atoms. The number of likely N-dealkylation sites (N-methyl/N-ethyl adjacent to an activating group) is 1. The molecular formula is C63H118N2O7P+. The molecule has 3 unspecified atom stereocenters. The van der Waals surface area contributed by atoms with E-state index in [9.17, 15) is 19.0 Å². The van der Waals surface area contributed by atoms with Crippen molar-refractivity contribution in [2.45, 2.75) is 290 Å². The number of hydrogen-bond acceptors (Lipinski definition) is 6. The van der Waals surface area contributed by atoms with Gasteiger partial charge in [-0.1, -0.05) is 242 Å². The van der Waals surface area contributed by atoms with Gasteiger partial charge in [0.25, 0.3) is 0 Å². The lowest BCUT2D eigenvalue weighted by atomic mass is 10.0. The van der Waals surface area contributed by atoms with Crippen molar-refractivity contribution < 1.29 is 37.3 Å². The zero-order chi connectivity index (χ0) is 53.6. The summed E-state index contributed by atoms with van der Waals surface area (Å²) in [6, 6.07) is -0.878. The molecule has 0 aliphatic heterocycles. The lowest BCUT2D eigenvalue weighted by Gasteiger charge is -2.27. The number of carbonyl (C=O) groups excluding carboxylic acids is 2. The first-order valence-electron chi connectivity index (χ1n) is 30.6. The molecule has 0 heterocycles. The second-order valence-electron chi connectivity index (χ2n) is 21.9. The number of nitrogens with zero attached hydrogens (tertiary/aromatic N) is 1. The van der Waals surface area contributed by atoms with Crippen molar-refractivity contribution in [3.8, 4) is 0 Å². The minimum Gasteiger partial charge on any atom is -0.456 e. The molecule has 0 radical (unpaired) electrons. The van der Waals surface area contributed by atoms with Crippen LogP contribution in [0.2, 0.25) is 0 Å². The molecule has 0 saturated heterocycles. The molecule has 0 aromatic carbocycles. The number of hydrogen-bond donors (Lipinski definition) is 2. The Morgan fingerprint density at radius 2 is 0.849 bits per heavy atom. The van der Waals surface area contributed by atoms with Crippen LogP contribution in [-0.4, -0.2) is 74.3 Å². The molecule has 0 aliphatic carbocycles. The molecule has 0 fully saturated rings. The molecule has 0 rings (SSSR count). The van der Waals surface area contributed by atoms with Crippen molar-refractivity contribution in [2.24, 2.45) is 0 Å². The number of rotatable bonds is 55. The molecule has 0 aromatic rings. The van der Waals surface area contributed by atoms with Gasteiger partial charge in [0.05, 0.1) is 33.8 Å². The number of carbonyl (C=O) groups is 2. The van der Waals surface area contributed by atoms with E-state index in [1.165, 1.54) is 180 Å². The van der Waals surface area contributed by atoms with Gasteiger partial charge in [-0.3, -0.25) is 18.6 Å². The molecule has 426 valence electrons. The first kappa shape index (κ1) is 70.7. The van der Waals surface area contributed by atoms with Crippen molar-refractivity contribution in [2.75, 3.05) is 40.9 Å². The molecule has 3 atom stereocenters. The van der Waals surface area contributed by atoms with E-state index in [4.69, 9.17) is 13.8 Å². The summed E-state index contributed by atoms with van der Waals surface area (Å²) >= 11 is 0. The Morgan fingerprint density at radius 1 is 0.479 bits per heavy atom. The van der Waals surface area contributed by atoms with Gasteiger partial charge in [-0.2, -0.15) is 0 Å². The molecule has 9 nitrogen and oxygen atoms in total. The van der Waals surface area contributed by atoms with Crippen LogP contribution in [0, 0.1) is 0 Å². The lowest BCUT2D eigenvalue weighted by molar-refractivity contribution is -0.870. The number of phosphoric acid groups is 1. The fourth-order valence-electron chi connectivity index (χ4n) is 8.67. The third-order valence-electron chi connectivity index (χ3n) is 13.4. The highest BCUT2D eigenvalue weighted by Crippen LogP contribution is 2.43. The molecule has 0 spiro atoms. The Morgan fingerprint density at radius 3 is 1.29 bits per heavy atom. The van der Waals surface area contributed by atoms with Crippen LogP contribution in [0.4, 0.5) is 0 Å². The number of amides is 1. The van der Waals surface area contributed by atoms with E-state index < -0.39 is 20.0 Å². The van der Waals surface area contributed by atoms with Gasteiger partial charge in [0.15, 0.2) is 0 Å². The van der Waals surface area contributed by atoms with Gasteiger partial charge in [-0.25, -0.2) is 4.57 Å². The van der Waals surface area contributed by atoms with Crippen molar-refractivity contribution in [1.82, 2.24) is 5.32 Å². The molecule has 0 aromatic heterocycles. The van der Waals surface area contributed by atoms with Gasteiger partial charge < -0.3 is 19.4 Å². The third kappa shape index (κ3) is 54.3. The van der Waals surface area contributed by atoms with Crippen LogP contribution in [0.5, 0.6) is 0 Å². The second kappa shape index (κ2) is 53.1. The SMILES string of the molecule is CCCCC/C=C\C/C=C\CCCCCCCCCCCCCCCC(=O)OC(/C=C\CCCCCCCCCCC)C(COP(=O)(O)OCC[N+](C)(C)C)NC(=O)CC/C=C/C/C=C\CCCCCCCC. The summed E-state index contributed by atoms with van der Waals surface area (Å²) < 4.78 is 30.6. The predicted molar refractivity (Wildman–Crippen MR) is 314 cm³/mol. The Kier molecular flexibility index (Phi) is 51.5. The molecule has 1 amide bonds. The molecule has 10 heteroatoms. The maximum atomic E-state index is 13.4. The molecule has 0 saturated carbocycles. The Bertz CT molecular complexity index is 1440. The summed E-state index contributed by atoms with van der Waals surface area (Å²) in [7, 11) is 1.47. The normalized spacial score (nSPS) is 14.1. The number of unbranched alkanes of at least 4 members (excludes halogenated alkanes) is 31. The number of allylic oxidation sites excluding steroid dienone is 9. The molecule has 0 bridgehead atoms. The first-order chi connectivity index (χ1) is 35.4. The highest BCUT2D eigenvalue weighted by atomic mass is 31.2. The standard InChI is InChI=1S/C63H117N2O7P/c1-7-10-13-16-19-22-25-27-28-29-30-31-32-33-34-35-36-38-41-44-47-50-53-56-63(67)72-61(54-51-48-45-42-39-24-21-18-15-12-9-3)60(59-71-73(68,69)70-58-57-65(4,5)6)64-62(66)55-52-49-46-43-40-37-26-23-20-17-14-11-8-2/h19,22,27-28,37,40,46,49,51,54,60-61H,7-18,20-21,23-26,29-36,38-39,41-45,47-48,50,52-53,55-59H2,1-6H3,(H-,64,66,68,69)/p+1/b22-19-,28-27-,40-37-,49-46+,54-51-. The smallest absolute Gasteiger partial charge is 0.456 e. The Hall–Kier alpha value is -2.29. The maximum absolute atomic E-state index is 13.4. The van der Waals surface area contributed by atoms with Crippen LogP contribution in [-0.2, 0) is 27.9 Å². The van der Waals surface area contributed by atoms with Crippen molar-refractivity contribution in [3.63, 3.8) is 0 Å².